The number of likely N-dealkylation sites (N-methyl/N-ethyl adjacent to an activating group) is 1. The van der Waals surface area contributed by atoms with Crippen LogP contribution >= 0.6 is 0 Å². The summed E-state index contributed by atoms with van der Waals surface area (Å²) >= 11 is 0. The number of aromatic nitrogens is 4. The van der Waals surface area contributed by atoms with Gasteiger partial charge >= 0.3 is 0 Å². The second-order valence-electron chi connectivity index (χ2n) is 6.70. The Morgan fingerprint density at radius 3 is 2.67 bits per heavy atom. The number of fused-ring (bicyclic) bond motifs is 1. The molecular weight excluding hydrogens is 340 g/mol. The molecule has 2 N–H and O–H groups in total. The molecule has 1 aliphatic rings. The quantitative estimate of drug-likeness (QED) is 0.678. The zero-order valence-electron chi connectivity index (χ0n) is 15.9. The minimum Gasteiger partial charge on any atom is -0.372 e. The maximum Gasteiger partial charge on any atom is 0.154 e. The molecule has 8 heteroatoms. The topological polar surface area (TPSA) is 73.6 Å². The molecule has 27 heavy (non-hydrogen) atoms. The summed E-state index contributed by atoms with van der Waals surface area (Å²) in [7, 11) is 3.86. The monoisotopic (exact) mass is 366 g/mol. The van der Waals surface area contributed by atoms with E-state index < -0.39 is 0 Å². The average Bonchev–Trinajstić information content (AvgIpc) is 3.16. The van der Waals surface area contributed by atoms with Crippen molar-refractivity contribution in [3.8, 4) is 11.4 Å². The van der Waals surface area contributed by atoms with Crippen molar-refractivity contribution < 1.29 is 0 Å². The summed E-state index contributed by atoms with van der Waals surface area (Å²) in [6.07, 6.45) is 1.84. The predicted molar refractivity (Wildman–Crippen MR) is 108 cm³/mol. The molecule has 142 valence electrons. The normalized spacial score (nSPS) is 15.4. The zero-order chi connectivity index (χ0) is 18.6. The average molecular weight is 366 g/mol. The van der Waals surface area contributed by atoms with Crippen molar-refractivity contribution in [1.82, 2.24) is 29.8 Å². The SMILES string of the molecule is CNCCN1CCN(c2cccc(-c3cnc4ccc(NC)nn34)n2)CC1. The Hall–Kier alpha value is -2.71. The number of nitrogens with one attached hydrogen (secondary N) is 2. The summed E-state index contributed by atoms with van der Waals surface area (Å²) in [4.78, 5) is 14.2. The minimum atomic E-state index is 0.801. The first-order valence-corrected chi connectivity index (χ1v) is 9.40. The lowest BCUT2D eigenvalue weighted by atomic mass is 10.2. The molecule has 3 aromatic rings. The molecule has 8 nitrogen and oxygen atoms in total. The lowest BCUT2D eigenvalue weighted by Crippen LogP contribution is -2.48. The third kappa shape index (κ3) is 3.72. The number of rotatable bonds is 6. The van der Waals surface area contributed by atoms with Crippen molar-refractivity contribution in [3.05, 3.63) is 36.5 Å². The van der Waals surface area contributed by atoms with Crippen LogP contribution in [0.3, 0.4) is 0 Å². The van der Waals surface area contributed by atoms with Crippen molar-refractivity contribution in [1.29, 1.82) is 0 Å². The second kappa shape index (κ2) is 7.89. The maximum atomic E-state index is 4.91. The van der Waals surface area contributed by atoms with Gasteiger partial charge in [-0.2, -0.15) is 0 Å². The second-order valence-corrected chi connectivity index (χ2v) is 6.70. The summed E-state index contributed by atoms with van der Waals surface area (Å²) in [6, 6.07) is 10.0. The number of imidazole rings is 1. The van der Waals surface area contributed by atoms with Crippen molar-refractivity contribution in [2.45, 2.75) is 0 Å². The number of hydrogen-bond acceptors (Lipinski definition) is 7. The molecule has 0 aliphatic carbocycles. The summed E-state index contributed by atoms with van der Waals surface area (Å²) in [5, 5.41) is 10.9. The van der Waals surface area contributed by atoms with Gasteiger partial charge in [-0.3, -0.25) is 4.90 Å². The van der Waals surface area contributed by atoms with Crippen LogP contribution in [0.15, 0.2) is 36.5 Å². The number of pyridine rings is 1. The van der Waals surface area contributed by atoms with Crippen LogP contribution in [0.2, 0.25) is 0 Å². The third-order valence-corrected chi connectivity index (χ3v) is 4.99. The molecule has 0 amide bonds. The molecular formula is C19H26N8. The largest absolute Gasteiger partial charge is 0.372 e. The molecule has 1 saturated heterocycles. The molecule has 0 saturated carbocycles. The van der Waals surface area contributed by atoms with Crippen LogP contribution in [-0.2, 0) is 0 Å². The molecule has 1 fully saturated rings. The lowest BCUT2D eigenvalue weighted by molar-refractivity contribution is 0.259. The Morgan fingerprint density at radius 1 is 1.04 bits per heavy atom. The Morgan fingerprint density at radius 2 is 1.89 bits per heavy atom. The van der Waals surface area contributed by atoms with Gasteiger partial charge in [-0.05, 0) is 31.3 Å². The summed E-state index contributed by atoms with van der Waals surface area (Å²) in [5.41, 5.74) is 2.60. The minimum absolute atomic E-state index is 0.801. The van der Waals surface area contributed by atoms with E-state index in [0.717, 1.165) is 67.9 Å². The Bertz CT molecular complexity index is 898. The van der Waals surface area contributed by atoms with Crippen LogP contribution in [-0.4, -0.2) is 77.8 Å². The lowest BCUT2D eigenvalue weighted by Gasteiger charge is -2.35. The Labute approximate surface area is 159 Å². The number of piperazine rings is 1. The van der Waals surface area contributed by atoms with Gasteiger partial charge < -0.3 is 15.5 Å². The highest BCUT2D eigenvalue weighted by Gasteiger charge is 2.18. The van der Waals surface area contributed by atoms with Gasteiger partial charge in [0.15, 0.2) is 5.65 Å². The summed E-state index contributed by atoms with van der Waals surface area (Å²) < 4.78 is 1.84. The fraction of sp³-hybridized carbons (Fsp3) is 0.421. The van der Waals surface area contributed by atoms with E-state index in [1.807, 2.05) is 43.0 Å². The van der Waals surface area contributed by atoms with E-state index in [-0.39, 0.29) is 0 Å². The molecule has 4 heterocycles. The number of anilines is 2. The molecule has 0 unspecified atom stereocenters. The molecule has 4 rings (SSSR count). The van der Waals surface area contributed by atoms with Crippen molar-refractivity contribution in [3.63, 3.8) is 0 Å². The van der Waals surface area contributed by atoms with Gasteiger partial charge in [0.1, 0.15) is 17.3 Å². The van der Waals surface area contributed by atoms with Crippen LogP contribution in [0.5, 0.6) is 0 Å². The van der Waals surface area contributed by atoms with Gasteiger partial charge in [0.2, 0.25) is 0 Å². The van der Waals surface area contributed by atoms with Crippen LogP contribution in [0.4, 0.5) is 11.6 Å². The molecule has 0 radical (unpaired) electrons. The first kappa shape index (κ1) is 17.7. The summed E-state index contributed by atoms with van der Waals surface area (Å²) in [6.45, 7) is 6.25. The van der Waals surface area contributed by atoms with Crippen molar-refractivity contribution in [2.24, 2.45) is 0 Å². The standard InChI is InChI=1S/C19H26N8/c1-20-8-9-25-10-12-26(13-11-25)19-5-3-4-15(23-19)16-14-22-18-7-6-17(21-2)24-27(16)18/h3-7,14,20H,8-13H2,1-2H3,(H,21,24). The third-order valence-electron chi connectivity index (χ3n) is 4.99. The van der Waals surface area contributed by atoms with E-state index in [4.69, 9.17) is 4.98 Å². The van der Waals surface area contributed by atoms with Crippen molar-refractivity contribution >= 4 is 17.3 Å². The fourth-order valence-corrected chi connectivity index (χ4v) is 3.39. The van der Waals surface area contributed by atoms with E-state index >= 15 is 0 Å². The first-order valence-electron chi connectivity index (χ1n) is 9.40. The van der Waals surface area contributed by atoms with Crippen LogP contribution < -0.4 is 15.5 Å². The molecule has 3 aromatic heterocycles. The van der Waals surface area contributed by atoms with Gasteiger partial charge in [0.05, 0.1) is 11.9 Å². The van der Waals surface area contributed by atoms with Crippen LogP contribution in [0, 0.1) is 0 Å². The van der Waals surface area contributed by atoms with Gasteiger partial charge in [-0.15, -0.1) is 5.10 Å². The number of hydrogen-bond donors (Lipinski definition) is 2. The van der Waals surface area contributed by atoms with Crippen molar-refractivity contribution in [2.75, 3.05) is 63.6 Å². The van der Waals surface area contributed by atoms with Gasteiger partial charge in [0.25, 0.3) is 0 Å². The predicted octanol–water partition coefficient (Wildman–Crippen LogP) is 1.17. The van der Waals surface area contributed by atoms with E-state index in [2.05, 4.69) is 42.6 Å². The van der Waals surface area contributed by atoms with Gasteiger partial charge in [-0.25, -0.2) is 14.5 Å². The van der Waals surface area contributed by atoms with E-state index in [1.165, 1.54) is 0 Å². The van der Waals surface area contributed by atoms with Gasteiger partial charge in [0, 0.05) is 46.3 Å². The van der Waals surface area contributed by atoms with E-state index in [0.29, 0.717) is 0 Å². The van der Waals surface area contributed by atoms with E-state index in [1.54, 1.807) is 0 Å². The summed E-state index contributed by atoms with van der Waals surface area (Å²) in [5.74, 6) is 1.82. The number of nitrogens with zero attached hydrogens (tertiary/aromatic N) is 6. The van der Waals surface area contributed by atoms with Gasteiger partial charge in [-0.1, -0.05) is 6.07 Å². The zero-order valence-corrected chi connectivity index (χ0v) is 15.9. The first-order chi connectivity index (χ1) is 13.3. The highest BCUT2D eigenvalue weighted by atomic mass is 15.3. The van der Waals surface area contributed by atoms with E-state index in [9.17, 15) is 0 Å². The smallest absolute Gasteiger partial charge is 0.154 e. The maximum absolute atomic E-state index is 4.91. The Balaban J connectivity index is 1.55. The van der Waals surface area contributed by atoms with Crippen LogP contribution in [0.1, 0.15) is 0 Å². The Kier molecular flexibility index (Phi) is 5.17. The molecule has 1 aliphatic heterocycles. The molecule has 0 spiro atoms. The molecule has 0 bridgehead atoms. The fourth-order valence-electron chi connectivity index (χ4n) is 3.39. The molecule has 0 aromatic carbocycles. The molecule has 0 atom stereocenters. The highest BCUT2D eigenvalue weighted by molar-refractivity contribution is 5.62. The highest BCUT2D eigenvalue weighted by Crippen LogP contribution is 2.22. The van der Waals surface area contributed by atoms with Crippen LogP contribution in [0.25, 0.3) is 17.0 Å².